The molecule has 3 aromatic rings. The molecule has 2 heterocycles. The Morgan fingerprint density at radius 3 is 2.45 bits per heavy atom. The van der Waals surface area contributed by atoms with Crippen LogP contribution in [0, 0.1) is 0 Å². The van der Waals surface area contributed by atoms with Crippen molar-refractivity contribution in [2.75, 3.05) is 25.0 Å². The number of carbonyl (C=O) groups excluding carboxylic acids is 1. The van der Waals surface area contributed by atoms with Crippen LogP contribution >= 0.6 is 0 Å². The van der Waals surface area contributed by atoms with Gasteiger partial charge in [-0.15, -0.1) is 0 Å². The fourth-order valence-electron chi connectivity index (χ4n) is 3.39. The van der Waals surface area contributed by atoms with Gasteiger partial charge in [-0.2, -0.15) is 4.98 Å². The van der Waals surface area contributed by atoms with Gasteiger partial charge in [0.05, 0.1) is 6.54 Å². The van der Waals surface area contributed by atoms with E-state index in [4.69, 9.17) is 5.73 Å². The van der Waals surface area contributed by atoms with Crippen LogP contribution in [0.4, 0.5) is 5.95 Å². The third kappa shape index (κ3) is 4.36. The van der Waals surface area contributed by atoms with Crippen LogP contribution in [0.3, 0.4) is 0 Å². The summed E-state index contributed by atoms with van der Waals surface area (Å²) in [5.41, 5.74) is 6.66. The van der Waals surface area contributed by atoms with Crippen LogP contribution in [-0.2, 0) is 20.1 Å². The molecule has 9 heteroatoms. The normalized spacial score (nSPS) is 11.0. The summed E-state index contributed by atoms with van der Waals surface area (Å²) >= 11 is 0. The summed E-state index contributed by atoms with van der Waals surface area (Å²) < 4.78 is 4.06. The highest BCUT2D eigenvalue weighted by Gasteiger charge is 2.22. The molecule has 2 aromatic heterocycles. The van der Waals surface area contributed by atoms with Crippen molar-refractivity contribution >= 4 is 22.9 Å². The minimum atomic E-state index is -0.582. The van der Waals surface area contributed by atoms with E-state index < -0.39 is 11.2 Å². The Balaban J connectivity index is 2.23. The molecule has 0 aliphatic heterocycles. The first kappa shape index (κ1) is 22.2. The molecule has 31 heavy (non-hydrogen) atoms. The molecule has 0 amide bonds. The molecule has 0 atom stereocenters. The number of fused-ring (bicyclic) bond motifs is 1. The van der Waals surface area contributed by atoms with Crippen LogP contribution in [0.2, 0.25) is 0 Å². The van der Waals surface area contributed by atoms with Crippen molar-refractivity contribution < 1.29 is 4.79 Å². The van der Waals surface area contributed by atoms with E-state index in [1.54, 1.807) is 41.9 Å². The fourth-order valence-corrected chi connectivity index (χ4v) is 3.39. The lowest BCUT2D eigenvalue weighted by Gasteiger charge is -2.18. The lowest BCUT2D eigenvalue weighted by Crippen LogP contribution is -2.41. The first-order valence-corrected chi connectivity index (χ1v) is 10.1. The molecular weight excluding hydrogens is 396 g/mol. The van der Waals surface area contributed by atoms with E-state index in [9.17, 15) is 14.4 Å². The Bertz CT molecular complexity index is 1250. The summed E-state index contributed by atoms with van der Waals surface area (Å²) in [6.45, 7) is 4.95. The van der Waals surface area contributed by atoms with Crippen LogP contribution in [-0.4, -0.2) is 44.6 Å². The highest BCUT2D eigenvalue weighted by atomic mass is 16.2. The van der Waals surface area contributed by atoms with Gasteiger partial charge < -0.3 is 15.2 Å². The predicted octanol–water partition coefficient (Wildman–Crippen LogP) is 1.14. The van der Waals surface area contributed by atoms with Crippen molar-refractivity contribution in [1.29, 1.82) is 0 Å². The van der Waals surface area contributed by atoms with Crippen molar-refractivity contribution in [3.63, 3.8) is 0 Å². The zero-order valence-corrected chi connectivity index (χ0v) is 18.3. The second-order valence-electron chi connectivity index (χ2n) is 7.71. The number of aryl methyl sites for hydroxylation is 1. The van der Waals surface area contributed by atoms with Crippen LogP contribution in [0.1, 0.15) is 24.2 Å². The second-order valence-corrected chi connectivity index (χ2v) is 7.71. The van der Waals surface area contributed by atoms with Gasteiger partial charge in [0.25, 0.3) is 5.56 Å². The van der Waals surface area contributed by atoms with E-state index >= 15 is 0 Å². The van der Waals surface area contributed by atoms with Crippen LogP contribution in [0.15, 0.2) is 51.6 Å². The number of rotatable bonds is 8. The van der Waals surface area contributed by atoms with E-state index in [-0.39, 0.29) is 23.5 Å². The highest BCUT2D eigenvalue weighted by molar-refractivity contribution is 5.95. The lowest BCUT2D eigenvalue weighted by atomic mass is 10.1. The van der Waals surface area contributed by atoms with E-state index in [1.165, 1.54) is 4.57 Å². The molecule has 0 aliphatic carbocycles. The van der Waals surface area contributed by atoms with Gasteiger partial charge in [-0.3, -0.25) is 18.7 Å². The van der Waals surface area contributed by atoms with Gasteiger partial charge in [0.1, 0.15) is 0 Å². The number of ketones is 1. The van der Waals surface area contributed by atoms with Crippen molar-refractivity contribution in [1.82, 2.24) is 18.7 Å². The Kier molecular flexibility index (Phi) is 6.55. The summed E-state index contributed by atoms with van der Waals surface area (Å²) in [6.07, 6.45) is 1.98. The van der Waals surface area contributed by atoms with Gasteiger partial charge in [0.2, 0.25) is 5.95 Å². The monoisotopic (exact) mass is 424 g/mol. The minimum Gasteiger partial charge on any atom is -0.344 e. The molecule has 3 rings (SSSR count). The van der Waals surface area contributed by atoms with Gasteiger partial charge >= 0.3 is 5.69 Å². The summed E-state index contributed by atoms with van der Waals surface area (Å²) in [5.74, 6) is 0.229. The first-order valence-electron chi connectivity index (χ1n) is 10.1. The zero-order valence-electron chi connectivity index (χ0n) is 18.3. The van der Waals surface area contributed by atoms with E-state index in [0.717, 1.165) is 10.1 Å². The van der Waals surface area contributed by atoms with Gasteiger partial charge in [0.15, 0.2) is 16.9 Å². The standard InChI is InChI=1S/C22H28N6O3/c1-15(2)10-12-27-18-19(24-21(27)25(3)13-11-23)26(4)22(31)28(20(18)30)14-17(29)16-8-6-5-7-9-16/h5-10H,11-14,23H2,1-4H3. The lowest BCUT2D eigenvalue weighted by molar-refractivity contribution is 0.0969. The number of hydrogen-bond acceptors (Lipinski definition) is 6. The molecule has 0 saturated heterocycles. The van der Waals surface area contributed by atoms with Crippen molar-refractivity contribution in [2.24, 2.45) is 12.8 Å². The largest absolute Gasteiger partial charge is 0.344 e. The molecule has 0 spiro atoms. The number of aromatic nitrogens is 4. The van der Waals surface area contributed by atoms with Crippen molar-refractivity contribution in [2.45, 2.75) is 26.9 Å². The SMILES string of the molecule is CC(C)=CCn1c(N(C)CCN)nc2c1c(=O)n(CC(=O)c1ccccc1)c(=O)n2C. The van der Waals surface area contributed by atoms with Crippen molar-refractivity contribution in [3.05, 3.63) is 68.4 Å². The van der Waals surface area contributed by atoms with Crippen LogP contribution in [0.5, 0.6) is 0 Å². The summed E-state index contributed by atoms with van der Waals surface area (Å²) in [7, 11) is 3.39. The molecule has 0 bridgehead atoms. The van der Waals surface area contributed by atoms with Crippen molar-refractivity contribution in [3.8, 4) is 0 Å². The molecule has 0 saturated carbocycles. The number of anilines is 1. The summed E-state index contributed by atoms with van der Waals surface area (Å²) in [6, 6.07) is 8.61. The van der Waals surface area contributed by atoms with Gasteiger partial charge in [-0.25, -0.2) is 4.79 Å². The number of imidazole rings is 1. The van der Waals surface area contributed by atoms with Gasteiger partial charge in [0, 0.05) is 39.3 Å². The number of nitrogens with zero attached hydrogens (tertiary/aromatic N) is 5. The topological polar surface area (TPSA) is 108 Å². The Hall–Kier alpha value is -3.46. The number of allylic oxidation sites excluding steroid dienone is 2. The minimum absolute atomic E-state index is 0.277. The molecule has 0 aliphatic rings. The molecule has 1 aromatic carbocycles. The third-order valence-corrected chi connectivity index (χ3v) is 5.10. The third-order valence-electron chi connectivity index (χ3n) is 5.10. The second kappa shape index (κ2) is 9.13. The Morgan fingerprint density at radius 2 is 1.84 bits per heavy atom. The smallest absolute Gasteiger partial charge is 0.332 e. The molecule has 0 unspecified atom stereocenters. The maximum atomic E-state index is 13.4. The molecule has 164 valence electrons. The number of hydrogen-bond donors (Lipinski definition) is 1. The number of benzene rings is 1. The van der Waals surface area contributed by atoms with Gasteiger partial charge in [-0.1, -0.05) is 42.0 Å². The molecule has 0 radical (unpaired) electrons. The van der Waals surface area contributed by atoms with Gasteiger partial charge in [-0.05, 0) is 13.8 Å². The summed E-state index contributed by atoms with van der Waals surface area (Å²) in [5, 5.41) is 0. The zero-order chi connectivity index (χ0) is 22.7. The maximum Gasteiger partial charge on any atom is 0.332 e. The van der Waals surface area contributed by atoms with E-state index in [2.05, 4.69) is 4.98 Å². The van der Waals surface area contributed by atoms with E-state index in [0.29, 0.717) is 31.1 Å². The average Bonchev–Trinajstić information content (AvgIpc) is 3.14. The predicted molar refractivity (Wildman–Crippen MR) is 122 cm³/mol. The number of nitrogens with two attached hydrogens (primary N) is 1. The molecule has 9 nitrogen and oxygen atoms in total. The highest BCUT2D eigenvalue weighted by Crippen LogP contribution is 2.19. The Morgan fingerprint density at radius 1 is 1.16 bits per heavy atom. The molecule has 0 fully saturated rings. The first-order chi connectivity index (χ1) is 14.8. The number of carbonyl (C=O) groups is 1. The van der Waals surface area contributed by atoms with Crippen LogP contribution in [0.25, 0.3) is 11.2 Å². The molecule has 2 N–H and O–H groups in total. The fraction of sp³-hybridized carbons (Fsp3) is 0.364. The summed E-state index contributed by atoms with van der Waals surface area (Å²) in [4.78, 5) is 45.5. The van der Waals surface area contributed by atoms with E-state index in [1.807, 2.05) is 31.9 Å². The van der Waals surface area contributed by atoms with Crippen LogP contribution < -0.4 is 21.9 Å². The maximum absolute atomic E-state index is 13.4. The Labute approximate surface area is 180 Å². The average molecular weight is 425 g/mol. The number of Topliss-reactive ketones (excluding diaryl/α,β-unsaturated/α-hetero) is 1. The quantitative estimate of drug-likeness (QED) is 0.429. The number of likely N-dealkylation sites (N-methyl/N-ethyl adjacent to an activating group) is 1. The molecular formula is C22H28N6O3.